The molecule has 1 aromatic rings. The van der Waals surface area contributed by atoms with Gasteiger partial charge in [0.05, 0.1) is 12.1 Å². The molecule has 2 atom stereocenters. The average Bonchev–Trinajstić information content (AvgIpc) is 2.29. The number of carbonyl (C=O) groups excluding carboxylic acids is 1. The van der Waals surface area contributed by atoms with Crippen molar-refractivity contribution in [2.24, 2.45) is 5.73 Å². The number of nitrogens with one attached hydrogen (secondary N) is 1. The van der Waals surface area contributed by atoms with Crippen LogP contribution >= 0.6 is 0 Å². The van der Waals surface area contributed by atoms with E-state index in [-0.39, 0.29) is 11.9 Å². The van der Waals surface area contributed by atoms with Crippen LogP contribution in [0.1, 0.15) is 43.9 Å². The van der Waals surface area contributed by atoms with Crippen molar-refractivity contribution in [2.45, 2.75) is 45.7 Å². The lowest BCUT2D eigenvalue weighted by Crippen LogP contribution is -2.41. The molecular weight excluding hydrogens is 212 g/mol. The third-order valence-electron chi connectivity index (χ3n) is 2.95. The zero-order valence-corrected chi connectivity index (χ0v) is 10.9. The molecule has 1 rings (SSSR count). The van der Waals surface area contributed by atoms with Gasteiger partial charge in [-0.05, 0) is 31.4 Å². The number of hydrogen-bond donors (Lipinski definition) is 2. The summed E-state index contributed by atoms with van der Waals surface area (Å²) in [4.78, 5) is 11.8. The number of amides is 1. The van der Waals surface area contributed by atoms with Gasteiger partial charge in [-0.15, -0.1) is 0 Å². The maximum atomic E-state index is 11.8. The van der Waals surface area contributed by atoms with E-state index in [4.69, 9.17) is 5.73 Å². The van der Waals surface area contributed by atoms with Crippen LogP contribution in [0.25, 0.3) is 0 Å². The fourth-order valence-electron chi connectivity index (χ4n) is 1.91. The van der Waals surface area contributed by atoms with E-state index in [9.17, 15) is 4.79 Å². The average molecular weight is 234 g/mol. The van der Waals surface area contributed by atoms with E-state index < -0.39 is 6.04 Å². The first-order valence-electron chi connectivity index (χ1n) is 6.17. The van der Waals surface area contributed by atoms with Gasteiger partial charge >= 0.3 is 0 Å². The highest BCUT2D eigenvalue weighted by molar-refractivity contribution is 5.81. The monoisotopic (exact) mass is 234 g/mol. The maximum Gasteiger partial charge on any atom is 0.237 e. The molecule has 0 heterocycles. The summed E-state index contributed by atoms with van der Waals surface area (Å²) in [5.41, 5.74) is 8.11. The third kappa shape index (κ3) is 3.86. The van der Waals surface area contributed by atoms with Crippen molar-refractivity contribution in [1.29, 1.82) is 0 Å². The van der Waals surface area contributed by atoms with Crippen LogP contribution in [-0.4, -0.2) is 11.9 Å². The number of carbonyl (C=O) groups is 1. The molecule has 1 unspecified atom stereocenters. The van der Waals surface area contributed by atoms with Crippen molar-refractivity contribution in [3.8, 4) is 0 Å². The number of aryl methyl sites for hydroxylation is 1. The van der Waals surface area contributed by atoms with Crippen molar-refractivity contribution in [1.82, 2.24) is 5.32 Å². The largest absolute Gasteiger partial charge is 0.348 e. The van der Waals surface area contributed by atoms with E-state index in [0.29, 0.717) is 0 Å². The van der Waals surface area contributed by atoms with E-state index in [2.05, 4.69) is 5.32 Å². The Hall–Kier alpha value is -1.35. The Morgan fingerprint density at radius 3 is 2.65 bits per heavy atom. The van der Waals surface area contributed by atoms with Crippen LogP contribution in [0, 0.1) is 6.92 Å². The van der Waals surface area contributed by atoms with Crippen molar-refractivity contribution in [3.63, 3.8) is 0 Å². The highest BCUT2D eigenvalue weighted by Gasteiger charge is 2.16. The van der Waals surface area contributed by atoms with Crippen molar-refractivity contribution >= 4 is 5.91 Å². The Morgan fingerprint density at radius 2 is 2.06 bits per heavy atom. The van der Waals surface area contributed by atoms with E-state index in [1.54, 1.807) is 0 Å². The van der Waals surface area contributed by atoms with Crippen LogP contribution < -0.4 is 11.1 Å². The van der Waals surface area contributed by atoms with Crippen molar-refractivity contribution < 1.29 is 4.79 Å². The van der Waals surface area contributed by atoms with Crippen LogP contribution in [0.4, 0.5) is 0 Å². The summed E-state index contributed by atoms with van der Waals surface area (Å²) in [6, 6.07) is 7.67. The normalized spacial score (nSPS) is 14.1. The van der Waals surface area contributed by atoms with Crippen LogP contribution in [0.5, 0.6) is 0 Å². The SMILES string of the molecule is CCCC(N)C(=O)N[C@@H](C)c1ccccc1C. The summed E-state index contributed by atoms with van der Waals surface area (Å²) in [5.74, 6) is -0.0670. The Labute approximate surface area is 103 Å². The molecule has 1 amide bonds. The second-order valence-corrected chi connectivity index (χ2v) is 4.48. The molecule has 1 aromatic carbocycles. The fraction of sp³-hybridized carbons (Fsp3) is 0.500. The van der Waals surface area contributed by atoms with E-state index in [1.807, 2.05) is 45.0 Å². The molecular formula is C14H22N2O. The number of hydrogen-bond acceptors (Lipinski definition) is 2. The second-order valence-electron chi connectivity index (χ2n) is 4.48. The van der Waals surface area contributed by atoms with Gasteiger partial charge in [0, 0.05) is 0 Å². The lowest BCUT2D eigenvalue weighted by Gasteiger charge is -2.19. The van der Waals surface area contributed by atoms with Gasteiger partial charge in [0.2, 0.25) is 5.91 Å². The third-order valence-corrected chi connectivity index (χ3v) is 2.95. The molecule has 17 heavy (non-hydrogen) atoms. The predicted octanol–water partition coefficient (Wildman–Crippen LogP) is 2.30. The minimum absolute atomic E-state index is 0.00612. The first-order chi connectivity index (χ1) is 8.06. The zero-order chi connectivity index (χ0) is 12.8. The molecule has 0 aromatic heterocycles. The van der Waals surface area contributed by atoms with Crippen LogP contribution in [0.15, 0.2) is 24.3 Å². The Morgan fingerprint density at radius 1 is 1.41 bits per heavy atom. The summed E-state index contributed by atoms with van der Waals surface area (Å²) >= 11 is 0. The van der Waals surface area contributed by atoms with Gasteiger partial charge in [-0.3, -0.25) is 4.79 Å². The standard InChI is InChI=1S/C14H22N2O/c1-4-7-13(15)14(17)16-11(3)12-9-6-5-8-10(12)2/h5-6,8-9,11,13H,4,7,15H2,1-3H3,(H,16,17)/t11-,13?/m0/s1. The molecule has 0 aliphatic heterocycles. The van der Waals surface area contributed by atoms with Crippen LogP contribution in [-0.2, 0) is 4.79 Å². The molecule has 0 spiro atoms. The lowest BCUT2D eigenvalue weighted by molar-refractivity contribution is -0.123. The summed E-state index contributed by atoms with van der Waals surface area (Å²) in [6.07, 6.45) is 1.65. The molecule has 0 aliphatic carbocycles. The highest BCUT2D eigenvalue weighted by Crippen LogP contribution is 2.16. The zero-order valence-electron chi connectivity index (χ0n) is 10.9. The van der Waals surface area contributed by atoms with E-state index in [1.165, 1.54) is 5.56 Å². The smallest absolute Gasteiger partial charge is 0.237 e. The number of rotatable bonds is 5. The first kappa shape index (κ1) is 13.7. The molecule has 0 bridgehead atoms. The summed E-state index contributed by atoms with van der Waals surface area (Å²) < 4.78 is 0. The Kier molecular flexibility index (Phi) is 5.16. The second kappa shape index (κ2) is 6.40. The maximum absolute atomic E-state index is 11.8. The number of benzene rings is 1. The Balaban J connectivity index is 2.63. The van der Waals surface area contributed by atoms with Crippen LogP contribution in [0.3, 0.4) is 0 Å². The summed E-state index contributed by atoms with van der Waals surface area (Å²) in [7, 11) is 0. The summed E-state index contributed by atoms with van der Waals surface area (Å²) in [5, 5.41) is 2.96. The molecule has 3 nitrogen and oxygen atoms in total. The topological polar surface area (TPSA) is 55.1 Å². The van der Waals surface area contributed by atoms with E-state index >= 15 is 0 Å². The van der Waals surface area contributed by atoms with Gasteiger partial charge < -0.3 is 11.1 Å². The molecule has 3 heteroatoms. The minimum atomic E-state index is -0.397. The van der Waals surface area contributed by atoms with Crippen molar-refractivity contribution in [2.75, 3.05) is 0 Å². The lowest BCUT2D eigenvalue weighted by atomic mass is 10.0. The molecule has 0 fully saturated rings. The molecule has 94 valence electrons. The summed E-state index contributed by atoms with van der Waals surface area (Å²) in [6.45, 7) is 6.06. The van der Waals surface area contributed by atoms with Gasteiger partial charge in [0.15, 0.2) is 0 Å². The minimum Gasteiger partial charge on any atom is -0.348 e. The molecule has 0 saturated carbocycles. The molecule has 0 aliphatic rings. The highest BCUT2D eigenvalue weighted by atomic mass is 16.2. The quantitative estimate of drug-likeness (QED) is 0.821. The fourth-order valence-corrected chi connectivity index (χ4v) is 1.91. The molecule has 3 N–H and O–H groups in total. The molecule has 0 radical (unpaired) electrons. The van der Waals surface area contributed by atoms with Gasteiger partial charge in [-0.1, -0.05) is 37.6 Å². The van der Waals surface area contributed by atoms with Gasteiger partial charge in [0.25, 0.3) is 0 Å². The van der Waals surface area contributed by atoms with Gasteiger partial charge in [-0.25, -0.2) is 0 Å². The predicted molar refractivity (Wildman–Crippen MR) is 70.6 cm³/mol. The van der Waals surface area contributed by atoms with E-state index in [0.717, 1.165) is 18.4 Å². The van der Waals surface area contributed by atoms with Gasteiger partial charge in [0.1, 0.15) is 0 Å². The van der Waals surface area contributed by atoms with Crippen LogP contribution in [0.2, 0.25) is 0 Å². The number of nitrogens with two attached hydrogens (primary N) is 1. The van der Waals surface area contributed by atoms with Gasteiger partial charge in [-0.2, -0.15) is 0 Å². The van der Waals surface area contributed by atoms with Crippen molar-refractivity contribution in [3.05, 3.63) is 35.4 Å². The molecule has 0 saturated heterocycles. The first-order valence-corrected chi connectivity index (χ1v) is 6.17. The Bertz CT molecular complexity index is 376.